The number of fused-ring (bicyclic) bond motifs is 1. The smallest absolute Gasteiger partial charge is 0.192 e. The molecule has 0 aliphatic heterocycles. The lowest BCUT2D eigenvalue weighted by Crippen LogP contribution is -2.44. The number of allylic oxidation sites excluding steroid dienone is 2. The summed E-state index contributed by atoms with van der Waals surface area (Å²) >= 11 is 0. The average Bonchev–Trinajstić information content (AvgIpc) is 2.94. The lowest BCUT2D eigenvalue weighted by Gasteiger charge is -2.38. The Morgan fingerprint density at radius 3 is 2.46 bits per heavy atom. The van der Waals surface area contributed by atoms with E-state index in [4.69, 9.17) is 4.43 Å². The molecule has 0 unspecified atom stereocenters. The number of carbonyl (C=O) groups is 1. The average molecular weight is 379 g/mol. The molecule has 0 aromatic heterocycles. The zero-order valence-electron chi connectivity index (χ0n) is 18.2. The third-order valence-electron chi connectivity index (χ3n) is 7.51. The zero-order chi connectivity index (χ0) is 19.4. The van der Waals surface area contributed by atoms with E-state index in [1.807, 2.05) is 0 Å². The highest BCUT2D eigenvalue weighted by atomic mass is 28.4. The summed E-state index contributed by atoms with van der Waals surface area (Å²) in [5, 5.41) is 0. The van der Waals surface area contributed by atoms with Crippen molar-refractivity contribution in [2.24, 2.45) is 11.3 Å². The van der Waals surface area contributed by atoms with Crippen molar-refractivity contribution in [2.75, 3.05) is 0 Å². The number of unbranched alkanes of at least 4 members (excludes halogenated alkanes) is 1. The molecule has 0 amide bonds. The Hall–Kier alpha value is -0.413. The summed E-state index contributed by atoms with van der Waals surface area (Å²) in [7, 11) is -1.53. The minimum Gasteiger partial charge on any atom is -0.412 e. The Bertz CT molecular complexity index is 510. The molecule has 0 radical (unpaired) electrons. The molecule has 0 aromatic rings. The normalized spacial score (nSPS) is 28.6. The summed E-state index contributed by atoms with van der Waals surface area (Å²) in [6, 6.07) is 3.67. The summed E-state index contributed by atoms with van der Waals surface area (Å²) < 4.78 is 6.74. The highest BCUT2D eigenvalue weighted by Crippen LogP contribution is 2.54. The van der Waals surface area contributed by atoms with Crippen LogP contribution >= 0.6 is 0 Å². The van der Waals surface area contributed by atoms with Gasteiger partial charge in [0.1, 0.15) is 5.78 Å². The SMILES string of the molecule is CC[Si](CC)(CC)OC(C)(C)CCC/C=C1/CC[C@H]2C(=O)CCC[C@]12C. The van der Waals surface area contributed by atoms with Crippen LogP contribution in [0.1, 0.15) is 92.9 Å². The molecular formula is C23H42O2Si. The predicted octanol–water partition coefficient (Wildman–Crippen LogP) is 7.05. The van der Waals surface area contributed by atoms with Gasteiger partial charge in [-0.2, -0.15) is 0 Å². The third kappa shape index (κ3) is 4.70. The van der Waals surface area contributed by atoms with Gasteiger partial charge in [0, 0.05) is 12.3 Å². The molecule has 2 nitrogen and oxygen atoms in total. The maximum atomic E-state index is 12.3. The standard InChI is InChI=1S/C23H42O2Si/c1-7-26(8-2,9-3)25-22(4,5)17-11-10-13-19-15-16-20-21(24)14-12-18-23(19,20)6/h13,20H,7-12,14-18H2,1-6H3/b19-13-/t20-,23+/m0/s1. The molecule has 0 bridgehead atoms. The maximum absolute atomic E-state index is 12.3. The van der Waals surface area contributed by atoms with E-state index < -0.39 is 8.32 Å². The molecule has 2 atom stereocenters. The first-order valence-corrected chi connectivity index (χ1v) is 13.7. The van der Waals surface area contributed by atoms with Crippen LogP contribution in [0.25, 0.3) is 0 Å². The van der Waals surface area contributed by atoms with Crippen molar-refractivity contribution in [1.29, 1.82) is 0 Å². The van der Waals surface area contributed by atoms with Gasteiger partial charge in [0.25, 0.3) is 0 Å². The van der Waals surface area contributed by atoms with Gasteiger partial charge in [0.15, 0.2) is 8.32 Å². The fourth-order valence-corrected chi connectivity index (χ4v) is 8.73. The van der Waals surface area contributed by atoms with Crippen molar-refractivity contribution < 1.29 is 9.22 Å². The fourth-order valence-electron chi connectivity index (χ4n) is 5.53. The number of Topliss-reactive ketones (excluding diaryl/α,β-unsaturated/α-hetero) is 1. The van der Waals surface area contributed by atoms with Crippen LogP contribution in [0.4, 0.5) is 0 Å². The molecular weight excluding hydrogens is 336 g/mol. The summed E-state index contributed by atoms with van der Waals surface area (Å²) in [5.41, 5.74) is 1.75. The van der Waals surface area contributed by atoms with Crippen molar-refractivity contribution in [3.05, 3.63) is 11.6 Å². The van der Waals surface area contributed by atoms with Crippen LogP contribution in [-0.2, 0) is 9.22 Å². The molecule has 0 heterocycles. The number of carbonyl (C=O) groups excluding carboxylic acids is 1. The van der Waals surface area contributed by atoms with Crippen LogP contribution < -0.4 is 0 Å². The van der Waals surface area contributed by atoms with E-state index in [0.29, 0.717) is 11.7 Å². The monoisotopic (exact) mass is 378 g/mol. The summed E-state index contributed by atoms with van der Waals surface area (Å²) in [4.78, 5) is 12.3. The van der Waals surface area contributed by atoms with Gasteiger partial charge >= 0.3 is 0 Å². The van der Waals surface area contributed by atoms with E-state index in [2.05, 4.69) is 47.6 Å². The van der Waals surface area contributed by atoms with E-state index in [0.717, 1.165) is 38.5 Å². The highest BCUT2D eigenvalue weighted by Gasteiger charge is 2.47. The van der Waals surface area contributed by atoms with Gasteiger partial charge in [-0.05, 0) is 82.3 Å². The van der Waals surface area contributed by atoms with E-state index in [1.54, 1.807) is 5.57 Å². The molecule has 2 saturated carbocycles. The van der Waals surface area contributed by atoms with Crippen molar-refractivity contribution in [1.82, 2.24) is 0 Å². The summed E-state index contributed by atoms with van der Waals surface area (Å²) in [6.07, 6.45) is 11.3. The van der Waals surface area contributed by atoms with E-state index >= 15 is 0 Å². The molecule has 2 fully saturated rings. The molecule has 0 spiro atoms. The second-order valence-corrected chi connectivity index (χ2v) is 14.2. The van der Waals surface area contributed by atoms with Crippen molar-refractivity contribution in [3.8, 4) is 0 Å². The Labute approximate surface area is 163 Å². The van der Waals surface area contributed by atoms with E-state index in [-0.39, 0.29) is 11.0 Å². The molecule has 150 valence electrons. The number of ketones is 1. The van der Waals surface area contributed by atoms with Gasteiger partial charge in [-0.1, -0.05) is 39.3 Å². The first-order chi connectivity index (χ1) is 12.2. The van der Waals surface area contributed by atoms with Gasteiger partial charge in [-0.25, -0.2) is 0 Å². The van der Waals surface area contributed by atoms with Gasteiger partial charge in [0.05, 0.1) is 5.60 Å². The largest absolute Gasteiger partial charge is 0.412 e. The minimum absolute atomic E-state index is 0.00429. The molecule has 2 aliphatic rings. The fraction of sp³-hybridized carbons (Fsp3) is 0.870. The maximum Gasteiger partial charge on any atom is 0.192 e. The third-order valence-corrected chi connectivity index (χ3v) is 12.4. The molecule has 2 rings (SSSR count). The highest BCUT2D eigenvalue weighted by molar-refractivity contribution is 6.73. The molecule has 0 saturated heterocycles. The van der Waals surface area contributed by atoms with Crippen LogP contribution in [0.15, 0.2) is 11.6 Å². The molecule has 0 N–H and O–H groups in total. The van der Waals surface area contributed by atoms with E-state index in [1.165, 1.54) is 31.0 Å². The molecule has 3 heteroatoms. The second kappa shape index (κ2) is 8.73. The van der Waals surface area contributed by atoms with E-state index in [9.17, 15) is 4.79 Å². The summed E-state index contributed by atoms with van der Waals surface area (Å²) in [6.45, 7) is 13.8. The number of hydrogen-bond acceptors (Lipinski definition) is 2. The lowest BCUT2D eigenvalue weighted by atomic mass is 9.67. The second-order valence-electron chi connectivity index (χ2n) is 9.56. The Kier molecular flexibility index (Phi) is 7.35. The van der Waals surface area contributed by atoms with Gasteiger partial charge in [-0.3, -0.25) is 4.79 Å². The van der Waals surface area contributed by atoms with Gasteiger partial charge < -0.3 is 4.43 Å². The van der Waals surface area contributed by atoms with Crippen LogP contribution in [-0.4, -0.2) is 19.7 Å². The quantitative estimate of drug-likeness (QED) is 0.244. The minimum atomic E-state index is -1.53. The first kappa shape index (κ1) is 21.9. The molecule has 2 aliphatic carbocycles. The topological polar surface area (TPSA) is 26.3 Å². The Morgan fingerprint density at radius 1 is 1.19 bits per heavy atom. The van der Waals surface area contributed by atoms with Crippen LogP contribution in [0, 0.1) is 11.3 Å². The van der Waals surface area contributed by atoms with Crippen molar-refractivity contribution in [3.63, 3.8) is 0 Å². The van der Waals surface area contributed by atoms with Crippen LogP contribution in [0.2, 0.25) is 18.1 Å². The van der Waals surface area contributed by atoms with Gasteiger partial charge in [0.2, 0.25) is 0 Å². The Morgan fingerprint density at radius 2 is 1.85 bits per heavy atom. The van der Waals surface area contributed by atoms with Crippen molar-refractivity contribution in [2.45, 2.75) is 117 Å². The lowest BCUT2D eigenvalue weighted by molar-refractivity contribution is -0.127. The Balaban J connectivity index is 1.89. The number of rotatable bonds is 9. The molecule has 26 heavy (non-hydrogen) atoms. The predicted molar refractivity (Wildman–Crippen MR) is 114 cm³/mol. The molecule has 0 aromatic carbocycles. The first-order valence-electron chi connectivity index (χ1n) is 11.1. The summed E-state index contributed by atoms with van der Waals surface area (Å²) in [5.74, 6) is 0.837. The van der Waals surface area contributed by atoms with Crippen LogP contribution in [0.5, 0.6) is 0 Å². The van der Waals surface area contributed by atoms with Crippen LogP contribution in [0.3, 0.4) is 0 Å². The number of hydrogen-bond donors (Lipinski definition) is 0. The van der Waals surface area contributed by atoms with Crippen molar-refractivity contribution >= 4 is 14.1 Å². The zero-order valence-corrected chi connectivity index (χ0v) is 19.2. The van der Waals surface area contributed by atoms with Gasteiger partial charge in [-0.15, -0.1) is 0 Å².